The summed E-state index contributed by atoms with van der Waals surface area (Å²) in [6.45, 7) is 2.74. The van der Waals surface area contributed by atoms with Crippen molar-refractivity contribution in [1.29, 1.82) is 0 Å². The molecule has 0 spiro atoms. The smallest absolute Gasteiger partial charge is 0.342 e. The minimum atomic E-state index is -0.604. The van der Waals surface area contributed by atoms with Crippen molar-refractivity contribution in [2.24, 2.45) is 0 Å². The molecule has 1 heterocycles. The van der Waals surface area contributed by atoms with Gasteiger partial charge in [-0.3, -0.25) is 9.78 Å². The summed E-state index contributed by atoms with van der Waals surface area (Å²) in [6, 6.07) is 10.2. The highest BCUT2D eigenvalue weighted by molar-refractivity contribution is 5.28. The molecule has 2 aromatic rings. The van der Waals surface area contributed by atoms with Crippen molar-refractivity contribution in [3.8, 4) is 0 Å². The third kappa shape index (κ3) is 3.54. The van der Waals surface area contributed by atoms with Crippen molar-refractivity contribution in [3.05, 3.63) is 56.7 Å². The van der Waals surface area contributed by atoms with Gasteiger partial charge in [-0.25, -0.2) is 9.89 Å². The van der Waals surface area contributed by atoms with Gasteiger partial charge >= 0.3 is 5.69 Å². The number of hydrogen-bond acceptors (Lipinski definition) is 4. The SMILES string of the molecule is CC(CCNc1n[nH]c(=O)[nH]c1=O)c1ccccc1. The van der Waals surface area contributed by atoms with Crippen molar-refractivity contribution in [1.82, 2.24) is 15.2 Å². The molecule has 0 aliphatic carbocycles. The van der Waals surface area contributed by atoms with Gasteiger partial charge in [-0.15, -0.1) is 5.10 Å². The number of aromatic amines is 2. The van der Waals surface area contributed by atoms with E-state index >= 15 is 0 Å². The van der Waals surface area contributed by atoms with E-state index in [0.717, 1.165) is 6.42 Å². The molecule has 0 amide bonds. The molecule has 0 saturated carbocycles. The number of nitrogens with zero attached hydrogens (tertiary/aromatic N) is 1. The number of hydrogen-bond donors (Lipinski definition) is 3. The molecule has 1 aromatic carbocycles. The van der Waals surface area contributed by atoms with Gasteiger partial charge in [0.2, 0.25) is 5.82 Å². The molecule has 0 saturated heterocycles. The zero-order valence-electron chi connectivity index (χ0n) is 10.6. The predicted octanol–water partition coefficient (Wildman–Crippen LogP) is 1.06. The summed E-state index contributed by atoms with van der Waals surface area (Å²) in [5, 5.41) is 8.76. The Kier molecular flexibility index (Phi) is 4.12. The van der Waals surface area contributed by atoms with Gasteiger partial charge in [0.15, 0.2) is 0 Å². The average Bonchev–Trinajstić information content (AvgIpc) is 2.42. The lowest BCUT2D eigenvalue weighted by Gasteiger charge is -2.12. The van der Waals surface area contributed by atoms with Crippen molar-refractivity contribution in [2.45, 2.75) is 19.3 Å². The van der Waals surface area contributed by atoms with Crippen LogP contribution in [-0.2, 0) is 0 Å². The van der Waals surface area contributed by atoms with Gasteiger partial charge < -0.3 is 5.32 Å². The number of benzene rings is 1. The fourth-order valence-electron chi connectivity index (χ4n) is 1.82. The van der Waals surface area contributed by atoms with E-state index in [1.54, 1.807) is 0 Å². The Labute approximate surface area is 109 Å². The van der Waals surface area contributed by atoms with E-state index in [0.29, 0.717) is 12.5 Å². The molecule has 0 aliphatic heterocycles. The zero-order valence-corrected chi connectivity index (χ0v) is 10.6. The van der Waals surface area contributed by atoms with Gasteiger partial charge in [-0.05, 0) is 17.9 Å². The van der Waals surface area contributed by atoms with Gasteiger partial charge in [0, 0.05) is 6.54 Å². The van der Waals surface area contributed by atoms with Gasteiger partial charge in [-0.1, -0.05) is 37.3 Å². The first-order chi connectivity index (χ1) is 9.16. The maximum Gasteiger partial charge on any atom is 0.342 e. The topological polar surface area (TPSA) is 90.6 Å². The monoisotopic (exact) mass is 260 g/mol. The summed E-state index contributed by atoms with van der Waals surface area (Å²) < 4.78 is 0. The number of aromatic nitrogens is 3. The van der Waals surface area contributed by atoms with Crippen LogP contribution < -0.4 is 16.6 Å². The molecular formula is C13H16N4O2. The second-order valence-corrected chi connectivity index (χ2v) is 4.38. The van der Waals surface area contributed by atoms with Crippen LogP contribution in [0.3, 0.4) is 0 Å². The average molecular weight is 260 g/mol. The van der Waals surface area contributed by atoms with Crippen molar-refractivity contribution < 1.29 is 0 Å². The standard InChI is InChI=1S/C13H16N4O2/c1-9(10-5-3-2-4-6-10)7-8-14-11-12(18)15-13(19)17-16-11/h2-6,9H,7-8H2,1H3,(H,14,16)(H2,15,17,18,19). The molecule has 3 N–H and O–H groups in total. The van der Waals surface area contributed by atoms with Crippen LogP contribution in [0, 0.1) is 0 Å². The molecule has 1 unspecified atom stereocenters. The molecule has 0 fully saturated rings. The van der Waals surface area contributed by atoms with E-state index in [4.69, 9.17) is 0 Å². The Hall–Kier alpha value is -2.37. The van der Waals surface area contributed by atoms with E-state index < -0.39 is 11.2 Å². The maximum atomic E-state index is 11.4. The normalized spacial score (nSPS) is 12.1. The third-order valence-corrected chi connectivity index (χ3v) is 2.95. The minimum absolute atomic E-state index is 0.139. The number of nitrogens with one attached hydrogen (secondary N) is 3. The number of rotatable bonds is 5. The van der Waals surface area contributed by atoms with Gasteiger partial charge in [0.25, 0.3) is 5.56 Å². The fraction of sp³-hybridized carbons (Fsp3) is 0.308. The van der Waals surface area contributed by atoms with Crippen LogP contribution in [0.25, 0.3) is 0 Å². The molecule has 1 atom stereocenters. The lowest BCUT2D eigenvalue weighted by Crippen LogP contribution is -2.27. The maximum absolute atomic E-state index is 11.4. The van der Waals surface area contributed by atoms with Crippen LogP contribution >= 0.6 is 0 Å². The molecule has 1 aromatic heterocycles. The highest BCUT2D eigenvalue weighted by atomic mass is 16.2. The summed E-state index contributed by atoms with van der Waals surface area (Å²) in [6.07, 6.45) is 0.865. The Bertz CT molecular complexity index is 633. The van der Waals surface area contributed by atoms with Gasteiger partial charge in [0.1, 0.15) is 0 Å². The highest BCUT2D eigenvalue weighted by Gasteiger charge is 2.06. The lowest BCUT2D eigenvalue weighted by molar-refractivity contribution is 0.702. The van der Waals surface area contributed by atoms with E-state index in [-0.39, 0.29) is 5.82 Å². The number of anilines is 1. The quantitative estimate of drug-likeness (QED) is 0.749. The molecule has 2 rings (SSSR count). The minimum Gasteiger partial charge on any atom is -0.364 e. The van der Waals surface area contributed by atoms with Crippen molar-refractivity contribution in [2.75, 3.05) is 11.9 Å². The summed E-state index contributed by atoms with van der Waals surface area (Å²) in [4.78, 5) is 24.3. The Balaban J connectivity index is 1.90. The molecular weight excluding hydrogens is 244 g/mol. The first-order valence-corrected chi connectivity index (χ1v) is 6.14. The molecule has 0 radical (unpaired) electrons. The van der Waals surface area contributed by atoms with E-state index in [9.17, 15) is 9.59 Å². The van der Waals surface area contributed by atoms with Crippen molar-refractivity contribution in [3.63, 3.8) is 0 Å². The van der Waals surface area contributed by atoms with Gasteiger partial charge in [-0.2, -0.15) is 0 Å². The van der Waals surface area contributed by atoms with Crippen LogP contribution in [0.4, 0.5) is 5.82 Å². The first kappa shape index (κ1) is 13.1. The van der Waals surface area contributed by atoms with Crippen LogP contribution in [0.5, 0.6) is 0 Å². The van der Waals surface area contributed by atoms with E-state index in [1.807, 2.05) is 18.2 Å². The molecule has 6 heteroatoms. The summed E-state index contributed by atoms with van der Waals surface area (Å²) in [5.74, 6) is 0.524. The molecule has 19 heavy (non-hydrogen) atoms. The summed E-state index contributed by atoms with van der Waals surface area (Å²) in [7, 11) is 0. The summed E-state index contributed by atoms with van der Waals surface area (Å²) >= 11 is 0. The molecule has 100 valence electrons. The van der Waals surface area contributed by atoms with Crippen LogP contribution in [0.15, 0.2) is 39.9 Å². The second kappa shape index (κ2) is 5.99. The van der Waals surface area contributed by atoms with Crippen LogP contribution in [-0.4, -0.2) is 21.7 Å². The van der Waals surface area contributed by atoms with E-state index in [1.165, 1.54) is 5.56 Å². The van der Waals surface area contributed by atoms with Gasteiger partial charge in [0.05, 0.1) is 0 Å². The highest BCUT2D eigenvalue weighted by Crippen LogP contribution is 2.17. The largest absolute Gasteiger partial charge is 0.364 e. The lowest BCUT2D eigenvalue weighted by atomic mass is 9.98. The fourth-order valence-corrected chi connectivity index (χ4v) is 1.82. The Morgan fingerprint density at radius 2 is 2.00 bits per heavy atom. The van der Waals surface area contributed by atoms with Crippen molar-refractivity contribution >= 4 is 5.82 Å². The molecule has 6 nitrogen and oxygen atoms in total. The first-order valence-electron chi connectivity index (χ1n) is 6.14. The predicted molar refractivity (Wildman–Crippen MR) is 73.4 cm³/mol. The molecule has 0 aliphatic rings. The summed E-state index contributed by atoms with van der Waals surface area (Å²) in [5.41, 5.74) is 0.150. The Morgan fingerprint density at radius 1 is 1.26 bits per heavy atom. The molecule has 0 bridgehead atoms. The van der Waals surface area contributed by atoms with E-state index in [2.05, 4.69) is 39.6 Å². The van der Waals surface area contributed by atoms with Crippen LogP contribution in [0.2, 0.25) is 0 Å². The third-order valence-electron chi connectivity index (χ3n) is 2.95. The van der Waals surface area contributed by atoms with Crippen LogP contribution in [0.1, 0.15) is 24.8 Å². The zero-order chi connectivity index (χ0) is 13.7. The second-order valence-electron chi connectivity index (χ2n) is 4.38. The Morgan fingerprint density at radius 3 is 2.68 bits per heavy atom. The number of H-pyrrole nitrogens is 2.